The van der Waals surface area contributed by atoms with E-state index in [9.17, 15) is 9.59 Å². The van der Waals surface area contributed by atoms with Gasteiger partial charge in [-0.05, 0) is 50.5 Å². The van der Waals surface area contributed by atoms with Crippen LogP contribution >= 0.6 is 0 Å². The lowest BCUT2D eigenvalue weighted by atomic mass is 10.1. The first-order chi connectivity index (χ1) is 15.0. The van der Waals surface area contributed by atoms with Crippen LogP contribution in [0.15, 0.2) is 39.9 Å². The quantitative estimate of drug-likeness (QED) is 0.619. The minimum absolute atomic E-state index is 0.0153. The Bertz CT molecular complexity index is 1120. The van der Waals surface area contributed by atoms with Gasteiger partial charge in [0.15, 0.2) is 0 Å². The molecule has 1 atom stereocenters. The van der Waals surface area contributed by atoms with Gasteiger partial charge in [0.05, 0.1) is 12.6 Å². The van der Waals surface area contributed by atoms with Gasteiger partial charge in [0.25, 0.3) is 11.5 Å². The number of hydrogen-bond donors (Lipinski definition) is 1. The first-order valence-corrected chi connectivity index (χ1v) is 10.4. The molecule has 3 aromatic rings. The third kappa shape index (κ3) is 4.72. The summed E-state index contributed by atoms with van der Waals surface area (Å²) >= 11 is 0. The Labute approximate surface area is 179 Å². The average Bonchev–Trinajstić information content (AvgIpc) is 3.44. The number of carbonyl (C=O) groups is 1. The minimum Gasteiger partial charge on any atom is -0.376 e. The molecule has 9 heteroatoms. The first kappa shape index (κ1) is 20.9. The van der Waals surface area contributed by atoms with E-state index in [1.807, 2.05) is 19.1 Å². The maximum absolute atomic E-state index is 13.0. The number of nitrogens with one attached hydrogen (secondary N) is 1. The highest BCUT2D eigenvalue weighted by atomic mass is 16.5. The van der Waals surface area contributed by atoms with E-state index >= 15 is 0 Å². The van der Waals surface area contributed by atoms with Gasteiger partial charge in [-0.15, -0.1) is 0 Å². The Morgan fingerprint density at radius 2 is 2.23 bits per heavy atom. The largest absolute Gasteiger partial charge is 0.376 e. The summed E-state index contributed by atoms with van der Waals surface area (Å²) < 4.78 is 12.5. The maximum atomic E-state index is 13.0. The Kier molecular flexibility index (Phi) is 6.22. The van der Waals surface area contributed by atoms with Gasteiger partial charge in [0.2, 0.25) is 11.7 Å². The summed E-state index contributed by atoms with van der Waals surface area (Å²) in [6.07, 6.45) is 5.61. The number of rotatable bonds is 7. The van der Waals surface area contributed by atoms with Gasteiger partial charge < -0.3 is 19.1 Å². The van der Waals surface area contributed by atoms with Crippen molar-refractivity contribution in [2.24, 2.45) is 0 Å². The second-order valence-corrected chi connectivity index (χ2v) is 7.65. The lowest BCUT2D eigenvalue weighted by Crippen LogP contribution is -2.37. The van der Waals surface area contributed by atoms with Crippen LogP contribution in [0.2, 0.25) is 0 Å². The predicted octanol–water partition coefficient (Wildman–Crippen LogP) is 2.06. The van der Waals surface area contributed by atoms with Crippen molar-refractivity contribution >= 4 is 5.91 Å². The van der Waals surface area contributed by atoms with Gasteiger partial charge in [-0.1, -0.05) is 5.16 Å². The standard InChI is InChI=1S/C22H25N5O4/c1-14-11-15(2)27(13-17-6-4-10-30-17)22(29)19(14)21(28)24-9-7-18-25-20(26-31-18)16-5-3-8-23-12-16/h3,5,8,11-12,17H,4,6-7,9-10,13H2,1-2H3,(H,24,28)/t17-/m1/s1. The molecule has 0 unspecified atom stereocenters. The molecule has 4 heterocycles. The fourth-order valence-electron chi connectivity index (χ4n) is 3.76. The summed E-state index contributed by atoms with van der Waals surface area (Å²) in [6.45, 7) is 5.10. The summed E-state index contributed by atoms with van der Waals surface area (Å²) in [5, 5.41) is 6.73. The highest BCUT2D eigenvalue weighted by Gasteiger charge is 2.22. The van der Waals surface area contributed by atoms with Crippen LogP contribution in [0.3, 0.4) is 0 Å². The summed E-state index contributed by atoms with van der Waals surface area (Å²) in [5.41, 5.74) is 2.10. The molecule has 0 spiro atoms. The molecule has 9 nitrogen and oxygen atoms in total. The van der Waals surface area contributed by atoms with Crippen molar-refractivity contribution in [3.63, 3.8) is 0 Å². The van der Waals surface area contributed by atoms with Gasteiger partial charge in [-0.3, -0.25) is 14.6 Å². The molecule has 1 amide bonds. The van der Waals surface area contributed by atoms with Crippen molar-refractivity contribution in [3.05, 3.63) is 63.7 Å². The number of pyridine rings is 2. The minimum atomic E-state index is -0.407. The normalized spacial score (nSPS) is 15.9. The fourth-order valence-corrected chi connectivity index (χ4v) is 3.76. The van der Waals surface area contributed by atoms with Crippen LogP contribution in [-0.4, -0.2) is 44.9 Å². The lowest BCUT2D eigenvalue weighted by molar-refractivity contribution is 0.0927. The van der Waals surface area contributed by atoms with Crippen LogP contribution in [0, 0.1) is 13.8 Å². The van der Waals surface area contributed by atoms with Crippen molar-refractivity contribution in [2.45, 2.75) is 45.8 Å². The first-order valence-electron chi connectivity index (χ1n) is 10.4. The van der Waals surface area contributed by atoms with Crippen LogP contribution in [-0.2, 0) is 17.7 Å². The predicted molar refractivity (Wildman–Crippen MR) is 113 cm³/mol. The van der Waals surface area contributed by atoms with Crippen LogP contribution in [0.1, 0.15) is 40.3 Å². The molecule has 1 aliphatic heterocycles. The van der Waals surface area contributed by atoms with Crippen molar-refractivity contribution in [3.8, 4) is 11.4 Å². The van der Waals surface area contributed by atoms with Crippen molar-refractivity contribution in [1.29, 1.82) is 0 Å². The summed E-state index contributed by atoms with van der Waals surface area (Å²) in [6, 6.07) is 5.50. The molecule has 1 fully saturated rings. The lowest BCUT2D eigenvalue weighted by Gasteiger charge is -2.17. The molecule has 3 aromatic heterocycles. The number of hydrogen-bond acceptors (Lipinski definition) is 7. The van der Waals surface area contributed by atoms with E-state index in [2.05, 4.69) is 20.4 Å². The Balaban J connectivity index is 1.41. The third-order valence-corrected chi connectivity index (χ3v) is 5.35. The molecule has 0 aromatic carbocycles. The van der Waals surface area contributed by atoms with E-state index in [1.165, 1.54) is 0 Å². The zero-order chi connectivity index (χ0) is 21.8. The number of nitrogens with zero attached hydrogens (tertiary/aromatic N) is 4. The molecule has 4 rings (SSSR count). The van der Waals surface area contributed by atoms with Gasteiger partial charge in [-0.25, -0.2) is 0 Å². The molecule has 1 saturated heterocycles. The van der Waals surface area contributed by atoms with Crippen LogP contribution in [0.5, 0.6) is 0 Å². The Hall–Kier alpha value is -3.33. The molecular weight excluding hydrogens is 398 g/mol. The molecule has 0 radical (unpaired) electrons. The number of aryl methyl sites for hydroxylation is 2. The van der Waals surface area contributed by atoms with E-state index < -0.39 is 5.91 Å². The van der Waals surface area contributed by atoms with Crippen molar-refractivity contribution in [2.75, 3.05) is 13.2 Å². The Morgan fingerprint density at radius 3 is 2.97 bits per heavy atom. The molecule has 162 valence electrons. The molecule has 0 aliphatic carbocycles. The van der Waals surface area contributed by atoms with E-state index in [-0.39, 0.29) is 23.8 Å². The highest BCUT2D eigenvalue weighted by molar-refractivity contribution is 5.95. The van der Waals surface area contributed by atoms with E-state index in [4.69, 9.17) is 9.26 Å². The number of ether oxygens (including phenoxy) is 1. The molecular formula is C22H25N5O4. The van der Waals surface area contributed by atoms with Crippen LogP contribution in [0.4, 0.5) is 0 Å². The molecule has 0 bridgehead atoms. The summed E-state index contributed by atoms with van der Waals surface area (Å²) in [7, 11) is 0. The van der Waals surface area contributed by atoms with Gasteiger partial charge >= 0.3 is 0 Å². The van der Waals surface area contributed by atoms with Crippen LogP contribution in [0.25, 0.3) is 11.4 Å². The Morgan fingerprint density at radius 1 is 1.35 bits per heavy atom. The van der Waals surface area contributed by atoms with Gasteiger partial charge in [0.1, 0.15) is 5.56 Å². The maximum Gasteiger partial charge on any atom is 0.263 e. The third-order valence-electron chi connectivity index (χ3n) is 5.35. The van der Waals surface area contributed by atoms with E-state index in [1.54, 1.807) is 30.0 Å². The summed E-state index contributed by atoms with van der Waals surface area (Å²) in [5.74, 6) is 0.437. The topological polar surface area (TPSA) is 112 Å². The zero-order valence-electron chi connectivity index (χ0n) is 17.6. The monoisotopic (exact) mass is 423 g/mol. The second kappa shape index (κ2) is 9.22. The molecule has 31 heavy (non-hydrogen) atoms. The van der Waals surface area contributed by atoms with Crippen LogP contribution < -0.4 is 10.9 Å². The highest BCUT2D eigenvalue weighted by Crippen LogP contribution is 2.16. The molecule has 1 N–H and O–H groups in total. The van der Waals surface area contributed by atoms with E-state index in [0.717, 1.165) is 30.7 Å². The van der Waals surface area contributed by atoms with Gasteiger partial charge in [-0.2, -0.15) is 4.98 Å². The fraction of sp³-hybridized carbons (Fsp3) is 0.409. The second-order valence-electron chi connectivity index (χ2n) is 7.65. The average molecular weight is 423 g/mol. The smallest absolute Gasteiger partial charge is 0.263 e. The van der Waals surface area contributed by atoms with Crippen molar-refractivity contribution in [1.82, 2.24) is 25.0 Å². The number of amides is 1. The van der Waals surface area contributed by atoms with Crippen molar-refractivity contribution < 1.29 is 14.1 Å². The number of aromatic nitrogens is 4. The molecule has 1 aliphatic rings. The molecule has 0 saturated carbocycles. The summed E-state index contributed by atoms with van der Waals surface area (Å²) in [4.78, 5) is 34.2. The SMILES string of the molecule is Cc1cc(C)n(C[C@H]2CCCO2)c(=O)c1C(=O)NCCc1nc(-c2cccnc2)no1. The van der Waals surface area contributed by atoms with Gasteiger partial charge in [0, 0.05) is 43.2 Å². The van der Waals surface area contributed by atoms with E-state index in [0.29, 0.717) is 30.2 Å². The zero-order valence-corrected chi connectivity index (χ0v) is 17.6. The number of carbonyl (C=O) groups excluding carboxylic acids is 1.